The minimum atomic E-state index is -4.29. The van der Waals surface area contributed by atoms with Crippen molar-refractivity contribution in [3.8, 4) is 0 Å². The third-order valence-corrected chi connectivity index (χ3v) is 6.09. The van der Waals surface area contributed by atoms with Gasteiger partial charge in [-0.05, 0) is 19.1 Å². The average Bonchev–Trinajstić information content (AvgIpc) is 3.23. The largest absolute Gasteiger partial charge is 0.394 e. The van der Waals surface area contributed by atoms with Gasteiger partial charge in [-0.2, -0.15) is 13.4 Å². The summed E-state index contributed by atoms with van der Waals surface area (Å²) in [4.78, 5) is 22.2. The molecule has 1 aliphatic heterocycles. The number of rotatable bonds is 5. The molecule has 4 atom stereocenters. The number of aliphatic hydroxyl groups excluding tert-OH is 2. The Morgan fingerprint density at radius 1 is 1.33 bits per heavy atom. The van der Waals surface area contributed by atoms with Gasteiger partial charge in [-0.25, -0.2) is 4.98 Å². The van der Waals surface area contributed by atoms with Crippen LogP contribution in [0, 0.1) is 6.92 Å². The highest BCUT2D eigenvalue weighted by Crippen LogP contribution is 2.35. The fraction of sp³-hybridized carbons (Fsp3) is 0.353. The fourth-order valence-corrected chi connectivity index (χ4v) is 4.31. The van der Waals surface area contributed by atoms with Crippen LogP contribution in [0.4, 0.5) is 5.95 Å². The first kappa shape index (κ1) is 20.4. The molecule has 2 aromatic heterocycles. The number of nitrogen functional groups attached to an aromatic ring is 1. The average molecular weight is 437 g/mol. The molecular weight excluding hydrogens is 418 g/mol. The Morgan fingerprint density at radius 2 is 2.03 bits per heavy atom. The van der Waals surface area contributed by atoms with Crippen molar-refractivity contribution >= 4 is 27.2 Å². The molecule has 1 saturated heterocycles. The Hall–Kier alpha value is -2.84. The van der Waals surface area contributed by atoms with Gasteiger partial charge in [-0.15, -0.1) is 0 Å². The lowest BCUT2D eigenvalue weighted by molar-refractivity contribution is -0.0483. The summed E-state index contributed by atoms with van der Waals surface area (Å²) in [7, 11) is -4.29. The normalized spacial score (nSPS) is 24.5. The van der Waals surface area contributed by atoms with Crippen molar-refractivity contribution in [3.63, 3.8) is 0 Å². The van der Waals surface area contributed by atoms with Crippen LogP contribution in [0.1, 0.15) is 11.8 Å². The van der Waals surface area contributed by atoms with Gasteiger partial charge in [0.15, 0.2) is 23.5 Å². The summed E-state index contributed by atoms with van der Waals surface area (Å²) in [6.45, 7) is 1.21. The number of hydrogen-bond donors (Lipinski definition) is 4. The molecule has 0 spiro atoms. The highest BCUT2D eigenvalue weighted by atomic mass is 32.2. The first-order valence-electron chi connectivity index (χ1n) is 8.88. The van der Waals surface area contributed by atoms with Crippen LogP contribution in [-0.2, 0) is 19.0 Å². The number of imidazole rings is 1. The molecule has 1 fully saturated rings. The van der Waals surface area contributed by atoms with Crippen LogP contribution in [0.25, 0.3) is 11.2 Å². The second-order valence-electron chi connectivity index (χ2n) is 6.84. The predicted molar refractivity (Wildman–Crippen MR) is 103 cm³/mol. The van der Waals surface area contributed by atoms with Crippen LogP contribution in [0.5, 0.6) is 0 Å². The number of aromatic nitrogens is 4. The maximum absolute atomic E-state index is 12.8. The number of anilines is 1. The lowest BCUT2D eigenvalue weighted by Gasteiger charge is -2.21. The van der Waals surface area contributed by atoms with Crippen molar-refractivity contribution < 1.29 is 27.6 Å². The molecule has 0 aliphatic carbocycles. The van der Waals surface area contributed by atoms with Gasteiger partial charge < -0.3 is 20.7 Å². The number of benzene rings is 1. The second-order valence-corrected chi connectivity index (χ2v) is 8.41. The Labute approximate surface area is 170 Å². The number of nitrogens with one attached hydrogen (secondary N) is 1. The quantitative estimate of drug-likeness (QED) is 0.362. The van der Waals surface area contributed by atoms with Crippen LogP contribution in [-0.4, -0.2) is 63.1 Å². The van der Waals surface area contributed by atoms with E-state index in [-0.39, 0.29) is 22.0 Å². The van der Waals surface area contributed by atoms with Gasteiger partial charge in [0.2, 0.25) is 5.95 Å². The van der Waals surface area contributed by atoms with Crippen LogP contribution >= 0.6 is 0 Å². The molecule has 3 aromatic rings. The third-order valence-electron chi connectivity index (χ3n) is 4.76. The molecule has 30 heavy (non-hydrogen) atoms. The van der Waals surface area contributed by atoms with Gasteiger partial charge in [0.05, 0.1) is 17.8 Å². The van der Waals surface area contributed by atoms with Crippen LogP contribution in [0.3, 0.4) is 0 Å². The first-order valence-corrected chi connectivity index (χ1v) is 10.3. The van der Waals surface area contributed by atoms with E-state index < -0.39 is 46.8 Å². The minimum absolute atomic E-state index is 0.00775. The van der Waals surface area contributed by atoms with Crippen LogP contribution < -0.4 is 11.3 Å². The highest BCUT2D eigenvalue weighted by Gasteiger charge is 2.48. The monoisotopic (exact) mass is 437 g/mol. The maximum Gasteiger partial charge on any atom is 0.297 e. The number of aliphatic hydroxyl groups is 2. The SMILES string of the molecule is Cc1ccc(S(=O)(=O)O[C@@H]2[C@H](O)[C@@H](CO)O[C@H]2n2cnc3c(=O)[nH]c(N)nc32)cc1. The molecule has 0 amide bonds. The first-order chi connectivity index (χ1) is 14.2. The summed E-state index contributed by atoms with van der Waals surface area (Å²) in [6.07, 6.45) is -4.13. The number of hydrogen-bond acceptors (Lipinski definition) is 10. The molecule has 160 valence electrons. The molecule has 0 unspecified atom stereocenters. The standard InChI is InChI=1S/C17H19N5O7S/c1-8-2-4-9(5-3-8)30(26,27)29-13-12(24)10(6-23)28-16(13)22-7-19-11-14(22)20-17(18)21-15(11)25/h2-5,7,10,12-13,16,23-24H,6H2,1H3,(H3,18,20,21,25)/t10-,12-,13-,16-/m1/s1. The predicted octanol–water partition coefficient (Wildman–Crippen LogP) is -0.965. The van der Waals surface area contributed by atoms with Gasteiger partial charge in [0.25, 0.3) is 15.7 Å². The van der Waals surface area contributed by atoms with E-state index in [0.717, 1.165) is 5.56 Å². The number of nitrogens with zero attached hydrogens (tertiary/aromatic N) is 3. The summed E-state index contributed by atoms with van der Waals surface area (Å²) in [5.74, 6) is -0.184. The van der Waals surface area contributed by atoms with Crippen LogP contribution in [0.2, 0.25) is 0 Å². The molecule has 0 radical (unpaired) electrons. The lowest BCUT2D eigenvalue weighted by atomic mass is 10.1. The van der Waals surface area contributed by atoms with Crippen molar-refractivity contribution in [2.24, 2.45) is 0 Å². The Kier molecular flexibility index (Phi) is 5.07. The minimum Gasteiger partial charge on any atom is -0.394 e. The van der Waals surface area contributed by atoms with E-state index in [4.69, 9.17) is 14.7 Å². The molecule has 5 N–H and O–H groups in total. The number of nitrogens with two attached hydrogens (primary N) is 1. The molecule has 13 heteroatoms. The maximum atomic E-state index is 12.8. The zero-order valence-electron chi connectivity index (χ0n) is 15.7. The topological polar surface area (TPSA) is 183 Å². The molecule has 0 saturated carbocycles. The summed E-state index contributed by atoms with van der Waals surface area (Å²) >= 11 is 0. The van der Waals surface area contributed by atoms with E-state index in [1.807, 2.05) is 0 Å². The number of aryl methyl sites for hydroxylation is 1. The highest BCUT2D eigenvalue weighted by molar-refractivity contribution is 7.86. The summed E-state index contributed by atoms with van der Waals surface area (Å²) < 4.78 is 37.7. The van der Waals surface area contributed by atoms with Gasteiger partial charge in [-0.3, -0.25) is 18.5 Å². The summed E-state index contributed by atoms with van der Waals surface area (Å²) in [5.41, 5.74) is 5.80. The van der Waals surface area contributed by atoms with Crippen molar-refractivity contribution in [1.82, 2.24) is 19.5 Å². The zero-order chi connectivity index (χ0) is 21.6. The van der Waals surface area contributed by atoms with Gasteiger partial charge >= 0.3 is 0 Å². The van der Waals surface area contributed by atoms with E-state index in [0.29, 0.717) is 0 Å². The van der Waals surface area contributed by atoms with Gasteiger partial charge in [0, 0.05) is 0 Å². The van der Waals surface area contributed by atoms with Crippen molar-refractivity contribution in [2.45, 2.75) is 36.4 Å². The molecule has 1 aromatic carbocycles. The smallest absolute Gasteiger partial charge is 0.297 e. The van der Waals surface area contributed by atoms with E-state index in [9.17, 15) is 23.4 Å². The lowest BCUT2D eigenvalue weighted by Crippen LogP contribution is -2.37. The molecule has 3 heterocycles. The van der Waals surface area contributed by atoms with E-state index >= 15 is 0 Å². The summed E-state index contributed by atoms with van der Waals surface area (Å²) in [6, 6.07) is 5.96. The van der Waals surface area contributed by atoms with Gasteiger partial charge in [0.1, 0.15) is 12.2 Å². The number of H-pyrrole nitrogens is 1. The molecule has 4 rings (SSSR count). The summed E-state index contributed by atoms with van der Waals surface area (Å²) in [5, 5.41) is 20.0. The third kappa shape index (κ3) is 3.46. The number of fused-ring (bicyclic) bond motifs is 1. The van der Waals surface area contributed by atoms with Crippen molar-refractivity contribution in [3.05, 3.63) is 46.5 Å². The van der Waals surface area contributed by atoms with E-state index in [1.54, 1.807) is 19.1 Å². The van der Waals surface area contributed by atoms with E-state index in [2.05, 4.69) is 15.0 Å². The Balaban J connectivity index is 1.75. The van der Waals surface area contributed by atoms with Gasteiger partial charge in [-0.1, -0.05) is 17.7 Å². The fourth-order valence-electron chi connectivity index (χ4n) is 3.23. The Bertz CT molecular complexity index is 1240. The number of ether oxygens (including phenoxy) is 1. The van der Waals surface area contributed by atoms with Crippen LogP contribution in [0.15, 0.2) is 40.3 Å². The molecule has 1 aliphatic rings. The number of aromatic amines is 1. The molecule has 0 bridgehead atoms. The Morgan fingerprint density at radius 3 is 2.70 bits per heavy atom. The molecular formula is C17H19N5O7S. The zero-order valence-corrected chi connectivity index (χ0v) is 16.5. The van der Waals surface area contributed by atoms with Crippen molar-refractivity contribution in [2.75, 3.05) is 12.3 Å². The molecule has 12 nitrogen and oxygen atoms in total. The second kappa shape index (κ2) is 7.45. The van der Waals surface area contributed by atoms with Crippen molar-refractivity contribution in [1.29, 1.82) is 0 Å². The van der Waals surface area contributed by atoms with E-state index in [1.165, 1.54) is 23.0 Å².